The Kier molecular flexibility index (Phi) is 5.46. The molecule has 142 valence electrons. The molecule has 1 aromatic rings. The van der Waals surface area contributed by atoms with Crippen LogP contribution in [0.3, 0.4) is 0 Å². The topological polar surface area (TPSA) is 136 Å². The number of carbonyl (C=O) groups is 3. The number of carbonyl (C=O) groups excluding carboxylic acids is 2. The summed E-state index contributed by atoms with van der Waals surface area (Å²) < 4.78 is 5.06. The molecule has 0 bridgehead atoms. The molecule has 2 fully saturated rings. The monoisotopic (exact) mass is 373 g/mol. The molecule has 0 aromatic heterocycles. The molecular formula is C17H19N5O5. The fraction of sp³-hybridized carbons (Fsp3) is 0.471. The van der Waals surface area contributed by atoms with Crippen molar-refractivity contribution in [1.29, 1.82) is 0 Å². The van der Waals surface area contributed by atoms with Gasteiger partial charge in [0.2, 0.25) is 5.91 Å². The Balaban J connectivity index is 1.80. The van der Waals surface area contributed by atoms with Gasteiger partial charge in [-0.3, -0.25) is 4.79 Å². The SMILES string of the molecule is [N-]=[N+]=N[C@H](C(=O)N1C(=O)OC[C@@H]1c1ccccc1)C1CCN(C(=O)O)CC1. The zero-order valence-corrected chi connectivity index (χ0v) is 14.5. The molecule has 0 unspecified atom stereocenters. The van der Waals surface area contributed by atoms with Crippen LogP contribution in [0.5, 0.6) is 0 Å². The molecule has 3 amide bonds. The number of benzene rings is 1. The number of likely N-dealkylation sites (tertiary alicyclic amines) is 1. The van der Waals surface area contributed by atoms with Crippen molar-refractivity contribution >= 4 is 18.1 Å². The maximum Gasteiger partial charge on any atom is 0.417 e. The van der Waals surface area contributed by atoms with E-state index < -0.39 is 30.2 Å². The molecule has 10 nitrogen and oxygen atoms in total. The van der Waals surface area contributed by atoms with E-state index in [1.807, 2.05) is 6.07 Å². The Hall–Kier alpha value is -3.26. The lowest BCUT2D eigenvalue weighted by molar-refractivity contribution is -0.132. The third-order valence-electron chi connectivity index (χ3n) is 4.98. The molecule has 0 spiro atoms. The van der Waals surface area contributed by atoms with Gasteiger partial charge in [-0.25, -0.2) is 14.5 Å². The van der Waals surface area contributed by atoms with Crippen LogP contribution in [0, 0.1) is 5.92 Å². The van der Waals surface area contributed by atoms with Gasteiger partial charge in [-0.2, -0.15) is 0 Å². The van der Waals surface area contributed by atoms with Crippen LogP contribution < -0.4 is 0 Å². The summed E-state index contributed by atoms with van der Waals surface area (Å²) in [4.78, 5) is 41.4. The number of rotatable bonds is 4. The fourth-order valence-corrected chi connectivity index (χ4v) is 3.54. The second-order valence-corrected chi connectivity index (χ2v) is 6.47. The second kappa shape index (κ2) is 7.96. The normalized spacial score (nSPS) is 21.3. The average molecular weight is 373 g/mol. The smallest absolute Gasteiger partial charge is 0.417 e. The zero-order chi connectivity index (χ0) is 19.4. The van der Waals surface area contributed by atoms with Crippen molar-refractivity contribution in [3.8, 4) is 0 Å². The van der Waals surface area contributed by atoms with Crippen LogP contribution in [0.4, 0.5) is 9.59 Å². The summed E-state index contributed by atoms with van der Waals surface area (Å²) >= 11 is 0. The maximum absolute atomic E-state index is 13.1. The molecule has 0 radical (unpaired) electrons. The lowest BCUT2D eigenvalue weighted by Crippen LogP contribution is -2.47. The number of imide groups is 1. The maximum atomic E-state index is 13.1. The highest BCUT2D eigenvalue weighted by molar-refractivity contribution is 5.96. The molecule has 27 heavy (non-hydrogen) atoms. The number of amides is 3. The lowest BCUT2D eigenvalue weighted by atomic mass is 9.88. The van der Waals surface area contributed by atoms with Gasteiger partial charge in [-0.15, -0.1) is 0 Å². The molecule has 3 rings (SSSR count). The lowest BCUT2D eigenvalue weighted by Gasteiger charge is -2.33. The number of hydrogen-bond acceptors (Lipinski definition) is 5. The Bertz CT molecular complexity index is 771. The predicted octanol–water partition coefficient (Wildman–Crippen LogP) is 2.78. The van der Waals surface area contributed by atoms with Gasteiger partial charge < -0.3 is 14.7 Å². The van der Waals surface area contributed by atoms with Crippen molar-refractivity contribution < 1.29 is 24.2 Å². The van der Waals surface area contributed by atoms with E-state index in [0.717, 1.165) is 10.5 Å². The minimum atomic E-state index is -1.08. The summed E-state index contributed by atoms with van der Waals surface area (Å²) in [5.41, 5.74) is 9.66. The first-order valence-electron chi connectivity index (χ1n) is 8.59. The van der Waals surface area contributed by atoms with Crippen molar-refractivity contribution in [3.63, 3.8) is 0 Å². The van der Waals surface area contributed by atoms with Gasteiger partial charge >= 0.3 is 12.2 Å². The molecule has 0 saturated carbocycles. The number of cyclic esters (lactones) is 1. The Labute approximate surface area is 154 Å². The Morgan fingerprint density at radius 2 is 1.93 bits per heavy atom. The summed E-state index contributed by atoms with van der Waals surface area (Å²) in [5, 5.41) is 12.7. The van der Waals surface area contributed by atoms with E-state index in [1.165, 1.54) is 4.90 Å². The van der Waals surface area contributed by atoms with E-state index >= 15 is 0 Å². The van der Waals surface area contributed by atoms with Crippen LogP contribution in [0.2, 0.25) is 0 Å². The van der Waals surface area contributed by atoms with Crippen molar-refractivity contribution in [2.24, 2.45) is 11.0 Å². The first-order chi connectivity index (χ1) is 13.0. The zero-order valence-electron chi connectivity index (χ0n) is 14.5. The van der Waals surface area contributed by atoms with Gasteiger partial charge in [-0.05, 0) is 29.9 Å². The number of azide groups is 1. The van der Waals surface area contributed by atoms with Gasteiger partial charge in [-0.1, -0.05) is 35.4 Å². The van der Waals surface area contributed by atoms with Crippen molar-refractivity contribution in [2.75, 3.05) is 19.7 Å². The molecule has 0 aliphatic carbocycles. The number of carboxylic acid groups (broad SMARTS) is 1. The minimum Gasteiger partial charge on any atom is -0.465 e. The number of piperidine rings is 1. The fourth-order valence-electron chi connectivity index (χ4n) is 3.54. The van der Waals surface area contributed by atoms with Gasteiger partial charge in [0.1, 0.15) is 18.7 Å². The molecule has 10 heteroatoms. The van der Waals surface area contributed by atoms with Gasteiger partial charge in [0.15, 0.2) is 0 Å². The van der Waals surface area contributed by atoms with E-state index in [1.54, 1.807) is 24.3 Å². The van der Waals surface area contributed by atoms with Crippen LogP contribution in [0.25, 0.3) is 10.4 Å². The summed E-state index contributed by atoms with van der Waals surface area (Å²) in [7, 11) is 0. The number of hydrogen-bond donors (Lipinski definition) is 1. The van der Waals surface area contributed by atoms with Gasteiger partial charge in [0.25, 0.3) is 0 Å². The first kappa shape index (κ1) is 18.5. The van der Waals surface area contributed by atoms with Gasteiger partial charge in [0, 0.05) is 18.0 Å². The summed E-state index contributed by atoms with van der Waals surface area (Å²) in [6.45, 7) is 0.531. The Morgan fingerprint density at radius 3 is 2.52 bits per heavy atom. The number of nitrogens with zero attached hydrogens (tertiary/aromatic N) is 5. The highest BCUT2D eigenvalue weighted by atomic mass is 16.6. The highest BCUT2D eigenvalue weighted by Crippen LogP contribution is 2.32. The summed E-state index contributed by atoms with van der Waals surface area (Å²) in [6.07, 6.45) is -1.04. The Morgan fingerprint density at radius 1 is 1.26 bits per heavy atom. The summed E-state index contributed by atoms with van der Waals surface area (Å²) in [6, 6.07) is 7.35. The number of ether oxygens (including phenoxy) is 1. The predicted molar refractivity (Wildman–Crippen MR) is 92.6 cm³/mol. The van der Waals surface area contributed by atoms with E-state index in [9.17, 15) is 14.4 Å². The van der Waals surface area contributed by atoms with E-state index in [4.69, 9.17) is 15.4 Å². The quantitative estimate of drug-likeness (QED) is 0.491. The molecule has 2 aliphatic heterocycles. The summed E-state index contributed by atoms with van der Waals surface area (Å²) in [5.74, 6) is -0.952. The molecule has 2 aliphatic rings. The van der Waals surface area contributed by atoms with Gasteiger partial charge in [0.05, 0.1) is 0 Å². The van der Waals surface area contributed by atoms with Crippen LogP contribution >= 0.6 is 0 Å². The molecule has 2 saturated heterocycles. The molecule has 1 N–H and O–H groups in total. The molecular weight excluding hydrogens is 354 g/mol. The van der Waals surface area contributed by atoms with Crippen LogP contribution in [-0.4, -0.2) is 58.7 Å². The third kappa shape index (κ3) is 3.80. The van der Waals surface area contributed by atoms with Crippen molar-refractivity contribution in [1.82, 2.24) is 9.80 Å². The third-order valence-corrected chi connectivity index (χ3v) is 4.98. The van der Waals surface area contributed by atoms with E-state index in [2.05, 4.69) is 10.0 Å². The van der Waals surface area contributed by atoms with Crippen molar-refractivity contribution in [2.45, 2.75) is 24.9 Å². The van der Waals surface area contributed by atoms with Crippen LogP contribution in [0.1, 0.15) is 24.4 Å². The minimum absolute atomic E-state index is 0.0367. The average Bonchev–Trinajstić information content (AvgIpc) is 3.08. The molecule has 2 atom stereocenters. The molecule has 2 heterocycles. The van der Waals surface area contributed by atoms with E-state index in [-0.39, 0.29) is 25.6 Å². The van der Waals surface area contributed by atoms with E-state index in [0.29, 0.717) is 12.8 Å². The second-order valence-electron chi connectivity index (χ2n) is 6.47. The highest BCUT2D eigenvalue weighted by Gasteiger charge is 2.44. The molecule has 1 aromatic carbocycles. The standard InChI is InChI=1S/C17H19N5O5/c18-20-19-14(12-6-8-21(9-7-12)16(24)25)15(23)22-13(10-27-17(22)26)11-4-2-1-3-5-11/h1-5,12-14H,6-10H2,(H,24,25)/t13-,14+/m1/s1. The van der Waals surface area contributed by atoms with Crippen molar-refractivity contribution in [3.05, 3.63) is 46.3 Å². The van der Waals surface area contributed by atoms with Crippen LogP contribution in [0.15, 0.2) is 35.4 Å². The van der Waals surface area contributed by atoms with Crippen LogP contribution in [-0.2, 0) is 9.53 Å². The first-order valence-corrected chi connectivity index (χ1v) is 8.59. The largest absolute Gasteiger partial charge is 0.465 e.